The van der Waals surface area contributed by atoms with E-state index in [9.17, 15) is 9.90 Å². The van der Waals surface area contributed by atoms with Crippen molar-refractivity contribution in [1.29, 1.82) is 0 Å². The first kappa shape index (κ1) is 23.6. The molecule has 2 N–H and O–H groups in total. The molecule has 1 rings (SSSR count). The van der Waals surface area contributed by atoms with Gasteiger partial charge in [0.25, 0.3) is 0 Å². The molecule has 7 heteroatoms. The zero-order valence-corrected chi connectivity index (χ0v) is 19.4. The topological polar surface area (TPSA) is 67.8 Å². The Morgan fingerprint density at radius 2 is 1.63 bits per heavy atom. The average molecular weight is 412 g/mol. The lowest BCUT2D eigenvalue weighted by Gasteiger charge is -2.41. The molecule has 0 bridgehead atoms. The minimum absolute atomic E-state index is 0.0802. The second-order valence-corrected chi connectivity index (χ2v) is 14.3. The maximum atomic E-state index is 12.4. The zero-order valence-electron chi connectivity index (χ0n) is 17.6. The van der Waals surface area contributed by atoms with Crippen molar-refractivity contribution >= 4 is 31.7 Å². The van der Waals surface area contributed by atoms with Gasteiger partial charge in [-0.15, -0.1) is 0 Å². The van der Waals surface area contributed by atoms with Crippen molar-refractivity contribution in [3.05, 3.63) is 35.9 Å². The molecule has 2 atom stereocenters. The molecule has 1 aromatic carbocycles. The molecule has 0 aromatic heterocycles. The molecule has 0 saturated heterocycles. The number of benzene rings is 1. The fourth-order valence-corrected chi connectivity index (χ4v) is 3.69. The van der Waals surface area contributed by atoms with Crippen LogP contribution in [0.1, 0.15) is 53.1 Å². The maximum absolute atomic E-state index is 12.4. The lowest BCUT2D eigenvalue weighted by Crippen LogP contribution is -2.51. The Labute approximate surface area is 169 Å². The molecule has 27 heavy (non-hydrogen) atoms. The third kappa shape index (κ3) is 7.24. The molecule has 0 aliphatic rings. The monoisotopic (exact) mass is 411 g/mol. The summed E-state index contributed by atoms with van der Waals surface area (Å²) in [5.74, 6) is 0. The Morgan fingerprint density at radius 3 is 2.04 bits per heavy atom. The first-order chi connectivity index (χ1) is 12.1. The molecular weight excluding hydrogens is 378 g/mol. The molecule has 0 spiro atoms. The van der Waals surface area contributed by atoms with Gasteiger partial charge in [-0.3, -0.25) is 0 Å². The fraction of sp³-hybridized carbons (Fsp3) is 0.600. The van der Waals surface area contributed by atoms with Crippen molar-refractivity contribution < 1.29 is 19.1 Å². The number of hydrogen-bond donors (Lipinski definition) is 2. The third-order valence-electron chi connectivity index (χ3n) is 4.60. The molecule has 0 radical (unpaired) electrons. The van der Waals surface area contributed by atoms with E-state index >= 15 is 0 Å². The van der Waals surface area contributed by atoms with Crippen LogP contribution >= 0.6 is 12.2 Å². The van der Waals surface area contributed by atoms with Crippen molar-refractivity contribution in [3.63, 3.8) is 0 Å². The summed E-state index contributed by atoms with van der Waals surface area (Å²) in [7, 11) is -2.26. The van der Waals surface area contributed by atoms with Crippen LogP contribution in [-0.4, -0.2) is 36.3 Å². The molecule has 0 fully saturated rings. The minimum Gasteiger partial charge on any atom is -0.500 e. The number of thiocarbonyl (C=S) groups is 1. The van der Waals surface area contributed by atoms with Crippen LogP contribution in [0.3, 0.4) is 0 Å². The van der Waals surface area contributed by atoms with Gasteiger partial charge in [-0.2, -0.15) is 0 Å². The number of alkyl carbamates (subject to hydrolysis) is 1. The normalized spacial score (nSPS) is 15.0. The van der Waals surface area contributed by atoms with E-state index in [1.54, 1.807) is 20.8 Å². The van der Waals surface area contributed by atoms with Gasteiger partial charge in [0.1, 0.15) is 11.7 Å². The minimum atomic E-state index is -2.26. The van der Waals surface area contributed by atoms with Gasteiger partial charge < -0.3 is 19.6 Å². The quantitative estimate of drug-likeness (QED) is 0.476. The van der Waals surface area contributed by atoms with E-state index in [0.717, 1.165) is 5.56 Å². The van der Waals surface area contributed by atoms with Crippen LogP contribution in [0.25, 0.3) is 0 Å². The molecule has 1 amide bonds. The second kappa shape index (κ2) is 8.71. The summed E-state index contributed by atoms with van der Waals surface area (Å²) < 4.78 is 11.8. The highest BCUT2D eigenvalue weighted by Gasteiger charge is 2.43. The molecule has 152 valence electrons. The summed E-state index contributed by atoms with van der Waals surface area (Å²) in [5, 5.41) is 12.7. The predicted molar refractivity (Wildman–Crippen MR) is 116 cm³/mol. The number of carbonyl (C=O) groups excluding carboxylic acids is 1. The SMILES string of the molecule is CC(C)(C)OC(=O)N[C@H](c1ccccc1)[C@@H](O[Si](C)(C)C(C)(C)C)C(O)=S. The van der Waals surface area contributed by atoms with E-state index in [1.807, 2.05) is 30.3 Å². The number of hydrogen-bond acceptors (Lipinski definition) is 4. The van der Waals surface area contributed by atoms with Gasteiger partial charge in [0.2, 0.25) is 0 Å². The van der Waals surface area contributed by atoms with Crippen LogP contribution in [0.4, 0.5) is 4.79 Å². The molecule has 0 saturated carbocycles. The van der Waals surface area contributed by atoms with Gasteiger partial charge in [0.05, 0.1) is 6.04 Å². The van der Waals surface area contributed by atoms with Gasteiger partial charge in [0.15, 0.2) is 13.4 Å². The first-order valence-corrected chi connectivity index (χ1v) is 12.4. The summed E-state index contributed by atoms with van der Waals surface area (Å²) in [6, 6.07) is 8.68. The number of amides is 1. The molecule has 0 unspecified atom stereocenters. The highest BCUT2D eigenvalue weighted by atomic mass is 32.1. The second-order valence-electron chi connectivity index (χ2n) is 9.17. The summed E-state index contributed by atoms with van der Waals surface area (Å²) in [5.41, 5.74) is 0.143. The molecular formula is C20H33NO4SSi. The van der Waals surface area contributed by atoms with Crippen LogP contribution in [-0.2, 0) is 9.16 Å². The van der Waals surface area contributed by atoms with Crippen LogP contribution in [0.5, 0.6) is 0 Å². The Balaban J connectivity index is 3.25. The molecule has 0 aliphatic heterocycles. The summed E-state index contributed by atoms with van der Waals surface area (Å²) in [6.07, 6.45) is -1.44. The number of ether oxygens (including phenoxy) is 1. The zero-order chi connectivity index (χ0) is 21.0. The van der Waals surface area contributed by atoms with E-state index in [1.165, 1.54) is 0 Å². The van der Waals surface area contributed by atoms with Gasteiger partial charge in [0, 0.05) is 0 Å². The molecule has 5 nitrogen and oxygen atoms in total. The van der Waals surface area contributed by atoms with Crippen molar-refractivity contribution in [2.45, 2.75) is 77.4 Å². The third-order valence-corrected chi connectivity index (χ3v) is 9.29. The Hall–Kier alpha value is -1.44. The maximum Gasteiger partial charge on any atom is 0.408 e. The number of aliphatic hydroxyl groups is 1. The van der Waals surface area contributed by atoms with Crippen LogP contribution in [0.2, 0.25) is 18.1 Å². The van der Waals surface area contributed by atoms with E-state index in [0.29, 0.717) is 0 Å². The van der Waals surface area contributed by atoms with E-state index < -0.39 is 32.2 Å². The highest BCUT2D eigenvalue weighted by Crippen LogP contribution is 2.39. The van der Waals surface area contributed by atoms with Crippen molar-refractivity contribution in [2.24, 2.45) is 0 Å². The van der Waals surface area contributed by atoms with Crippen molar-refractivity contribution in [2.75, 3.05) is 0 Å². The molecule has 0 heterocycles. The predicted octanol–water partition coefficient (Wildman–Crippen LogP) is 5.53. The fourth-order valence-electron chi connectivity index (χ4n) is 2.18. The number of aliphatic hydroxyl groups excluding tert-OH is 1. The lowest BCUT2D eigenvalue weighted by molar-refractivity contribution is 0.0463. The highest BCUT2D eigenvalue weighted by molar-refractivity contribution is 7.80. The molecule has 1 aromatic rings. The Morgan fingerprint density at radius 1 is 1.11 bits per heavy atom. The first-order valence-electron chi connectivity index (χ1n) is 9.09. The summed E-state index contributed by atoms with van der Waals surface area (Å²) in [6.45, 7) is 15.9. The molecule has 0 aliphatic carbocycles. The number of nitrogens with one attached hydrogen (secondary N) is 1. The lowest BCUT2D eigenvalue weighted by atomic mass is 10.0. The van der Waals surface area contributed by atoms with Crippen LogP contribution in [0, 0.1) is 0 Å². The van der Waals surface area contributed by atoms with E-state index in [2.05, 4.69) is 39.2 Å². The van der Waals surface area contributed by atoms with Gasteiger partial charge in [-0.25, -0.2) is 4.79 Å². The van der Waals surface area contributed by atoms with Gasteiger partial charge in [-0.05, 0) is 56.7 Å². The van der Waals surface area contributed by atoms with Crippen molar-refractivity contribution in [1.82, 2.24) is 5.32 Å². The van der Waals surface area contributed by atoms with E-state index in [-0.39, 0.29) is 10.1 Å². The summed E-state index contributed by atoms with van der Waals surface area (Å²) in [4.78, 5) is 12.4. The number of rotatable bonds is 6. The standard InChI is InChI=1S/C20H33NO4SSi/c1-19(2,3)24-18(23)21-15(14-12-10-9-11-13-14)16(17(22)26)25-27(7,8)20(4,5)6/h9-13,15-16H,1-8H3,(H,21,23)(H,22,26)/t15-,16-/m1/s1. The van der Waals surface area contributed by atoms with Crippen molar-refractivity contribution in [3.8, 4) is 0 Å². The largest absolute Gasteiger partial charge is 0.500 e. The average Bonchev–Trinajstić information content (AvgIpc) is 2.48. The Bertz CT molecular complexity index is 650. The summed E-state index contributed by atoms with van der Waals surface area (Å²) >= 11 is 5.11. The van der Waals surface area contributed by atoms with Crippen LogP contribution in [0.15, 0.2) is 30.3 Å². The van der Waals surface area contributed by atoms with Crippen LogP contribution < -0.4 is 5.32 Å². The van der Waals surface area contributed by atoms with Gasteiger partial charge >= 0.3 is 6.09 Å². The smallest absolute Gasteiger partial charge is 0.408 e. The van der Waals surface area contributed by atoms with Gasteiger partial charge in [-0.1, -0.05) is 51.1 Å². The number of carbonyl (C=O) groups is 1. The van der Waals surface area contributed by atoms with E-state index in [4.69, 9.17) is 21.4 Å². The Kier molecular flexibility index (Phi) is 7.61.